The normalized spacial score (nSPS) is 31.4. The number of carbonyl (C=O) groups is 1. The molecule has 0 spiro atoms. The second-order valence-corrected chi connectivity index (χ2v) is 5.66. The van der Waals surface area contributed by atoms with Crippen molar-refractivity contribution in [2.45, 2.75) is 24.6 Å². The molecule has 1 aromatic rings. The Bertz CT molecular complexity index is 520. The predicted octanol–water partition coefficient (Wildman–Crippen LogP) is 0.310. The molecule has 108 valence electrons. The third-order valence-corrected chi connectivity index (χ3v) is 4.17. The van der Waals surface area contributed by atoms with Crippen molar-refractivity contribution in [2.24, 2.45) is 11.7 Å². The highest BCUT2D eigenvalue weighted by Crippen LogP contribution is 2.39. The first kappa shape index (κ1) is 13.3. The Morgan fingerprint density at radius 2 is 2.35 bits per heavy atom. The van der Waals surface area contributed by atoms with E-state index in [0.29, 0.717) is 11.6 Å². The fourth-order valence-electron chi connectivity index (χ4n) is 2.99. The van der Waals surface area contributed by atoms with Gasteiger partial charge >= 0.3 is 0 Å². The van der Waals surface area contributed by atoms with Crippen LogP contribution in [0.1, 0.15) is 16.9 Å². The van der Waals surface area contributed by atoms with Gasteiger partial charge in [-0.15, -0.1) is 0 Å². The Hall–Kier alpha value is -1.66. The van der Waals surface area contributed by atoms with E-state index in [1.807, 2.05) is 6.07 Å². The number of hydrogen-bond acceptors (Lipinski definition) is 5. The van der Waals surface area contributed by atoms with Crippen LogP contribution in [0.15, 0.2) is 18.3 Å². The molecule has 3 rings (SSSR count). The lowest BCUT2D eigenvalue weighted by Gasteiger charge is -2.46. The summed E-state index contributed by atoms with van der Waals surface area (Å²) in [6.45, 7) is 0.794. The number of nitrogens with two attached hydrogens (primary N) is 1. The highest BCUT2D eigenvalue weighted by Gasteiger charge is 2.52. The minimum atomic E-state index is -0.110. The molecule has 2 aliphatic rings. The number of anilines is 1. The van der Waals surface area contributed by atoms with Crippen LogP contribution in [0.3, 0.4) is 0 Å². The van der Waals surface area contributed by atoms with Crippen molar-refractivity contribution in [1.82, 2.24) is 9.88 Å². The molecule has 1 saturated heterocycles. The number of nitrogens with one attached hydrogen (secondary N) is 1. The highest BCUT2D eigenvalue weighted by atomic mass is 16.5. The molecular formula is C14H20N4O2. The van der Waals surface area contributed by atoms with Gasteiger partial charge in [-0.3, -0.25) is 9.78 Å². The minimum Gasteiger partial charge on any atom is -0.378 e. The summed E-state index contributed by atoms with van der Waals surface area (Å²) >= 11 is 0. The van der Waals surface area contributed by atoms with Crippen LogP contribution in [0.25, 0.3) is 0 Å². The molecule has 0 radical (unpaired) electrons. The van der Waals surface area contributed by atoms with Crippen LogP contribution in [0.4, 0.5) is 5.69 Å². The molecule has 1 aliphatic carbocycles. The highest BCUT2D eigenvalue weighted by molar-refractivity contribution is 5.92. The van der Waals surface area contributed by atoms with Gasteiger partial charge in [0.25, 0.3) is 5.91 Å². The maximum atomic E-state index is 11.9. The Morgan fingerprint density at radius 3 is 3.10 bits per heavy atom. The average molecular weight is 276 g/mol. The average Bonchev–Trinajstić information content (AvgIpc) is 2.89. The molecule has 1 aliphatic heterocycles. The van der Waals surface area contributed by atoms with E-state index in [2.05, 4.69) is 10.3 Å². The Kier molecular flexibility index (Phi) is 3.35. The lowest BCUT2D eigenvalue weighted by atomic mass is 9.72. The molecule has 3 N–H and O–H groups in total. The van der Waals surface area contributed by atoms with Crippen LogP contribution < -0.4 is 11.1 Å². The van der Waals surface area contributed by atoms with Gasteiger partial charge in [-0.2, -0.15) is 0 Å². The summed E-state index contributed by atoms with van der Waals surface area (Å²) in [5.41, 5.74) is 7.46. The molecular weight excluding hydrogens is 256 g/mol. The smallest absolute Gasteiger partial charge is 0.272 e. The SMILES string of the molecule is CN(C)C(=O)c1cc(NC2C(N)C3CCOC32)ccn1. The minimum absolute atomic E-state index is 0.110. The number of aromatic nitrogens is 1. The van der Waals surface area contributed by atoms with Gasteiger partial charge in [0.2, 0.25) is 0 Å². The summed E-state index contributed by atoms with van der Waals surface area (Å²) < 4.78 is 5.69. The number of rotatable bonds is 3. The third-order valence-electron chi connectivity index (χ3n) is 4.17. The number of carbonyl (C=O) groups excluding carboxylic acids is 1. The molecule has 6 heteroatoms. The first-order valence-electron chi connectivity index (χ1n) is 6.89. The van der Waals surface area contributed by atoms with Crippen molar-refractivity contribution in [3.63, 3.8) is 0 Å². The Morgan fingerprint density at radius 1 is 1.55 bits per heavy atom. The van der Waals surface area contributed by atoms with E-state index in [0.717, 1.165) is 18.7 Å². The van der Waals surface area contributed by atoms with E-state index in [9.17, 15) is 4.79 Å². The molecule has 4 atom stereocenters. The number of amides is 1. The molecule has 1 amide bonds. The quantitative estimate of drug-likeness (QED) is 0.830. The fourth-order valence-corrected chi connectivity index (χ4v) is 2.99. The molecule has 1 aromatic heterocycles. The van der Waals surface area contributed by atoms with Gasteiger partial charge in [0.1, 0.15) is 5.69 Å². The van der Waals surface area contributed by atoms with Crippen LogP contribution in [-0.2, 0) is 4.74 Å². The Balaban J connectivity index is 1.72. The first-order chi connectivity index (χ1) is 9.58. The molecule has 20 heavy (non-hydrogen) atoms. The fraction of sp³-hybridized carbons (Fsp3) is 0.571. The zero-order valence-electron chi connectivity index (χ0n) is 11.7. The number of fused-ring (bicyclic) bond motifs is 1. The molecule has 0 aromatic carbocycles. The number of ether oxygens (including phenoxy) is 1. The molecule has 4 unspecified atom stereocenters. The van der Waals surface area contributed by atoms with Gasteiger partial charge in [0, 0.05) is 44.5 Å². The molecule has 2 heterocycles. The van der Waals surface area contributed by atoms with Crippen molar-refractivity contribution < 1.29 is 9.53 Å². The zero-order chi connectivity index (χ0) is 14.3. The summed E-state index contributed by atoms with van der Waals surface area (Å²) in [5.74, 6) is 0.360. The number of hydrogen-bond donors (Lipinski definition) is 2. The number of nitrogens with zero attached hydrogens (tertiary/aromatic N) is 2. The van der Waals surface area contributed by atoms with E-state index >= 15 is 0 Å². The summed E-state index contributed by atoms with van der Waals surface area (Å²) in [5, 5.41) is 3.37. The van der Waals surface area contributed by atoms with Gasteiger partial charge in [-0.05, 0) is 18.6 Å². The zero-order valence-corrected chi connectivity index (χ0v) is 11.7. The van der Waals surface area contributed by atoms with Crippen LogP contribution in [0.5, 0.6) is 0 Å². The van der Waals surface area contributed by atoms with E-state index in [-0.39, 0.29) is 24.1 Å². The summed E-state index contributed by atoms with van der Waals surface area (Å²) in [6, 6.07) is 3.84. The van der Waals surface area contributed by atoms with Crippen molar-refractivity contribution in [3.05, 3.63) is 24.0 Å². The topological polar surface area (TPSA) is 80.5 Å². The van der Waals surface area contributed by atoms with Crippen molar-refractivity contribution >= 4 is 11.6 Å². The van der Waals surface area contributed by atoms with E-state index < -0.39 is 0 Å². The van der Waals surface area contributed by atoms with Crippen LogP contribution in [-0.4, -0.2) is 54.7 Å². The summed E-state index contributed by atoms with van der Waals surface area (Å²) in [6.07, 6.45) is 2.88. The van der Waals surface area contributed by atoms with Crippen LogP contribution >= 0.6 is 0 Å². The second kappa shape index (κ2) is 5.03. The van der Waals surface area contributed by atoms with Crippen molar-refractivity contribution in [2.75, 3.05) is 26.0 Å². The largest absolute Gasteiger partial charge is 0.378 e. The van der Waals surface area contributed by atoms with Crippen LogP contribution in [0, 0.1) is 5.92 Å². The van der Waals surface area contributed by atoms with Gasteiger partial charge in [0.15, 0.2) is 0 Å². The van der Waals surface area contributed by atoms with E-state index in [1.165, 1.54) is 4.90 Å². The predicted molar refractivity (Wildman–Crippen MR) is 75.5 cm³/mol. The first-order valence-corrected chi connectivity index (χ1v) is 6.89. The van der Waals surface area contributed by atoms with E-state index in [1.54, 1.807) is 26.4 Å². The van der Waals surface area contributed by atoms with Gasteiger partial charge < -0.3 is 20.7 Å². The molecule has 2 fully saturated rings. The molecule has 1 saturated carbocycles. The summed E-state index contributed by atoms with van der Waals surface area (Å²) in [7, 11) is 3.42. The van der Waals surface area contributed by atoms with Gasteiger partial charge in [-0.25, -0.2) is 0 Å². The molecule has 0 bridgehead atoms. The summed E-state index contributed by atoms with van der Waals surface area (Å²) in [4.78, 5) is 17.5. The number of pyridine rings is 1. The second-order valence-electron chi connectivity index (χ2n) is 5.66. The van der Waals surface area contributed by atoms with Crippen molar-refractivity contribution in [3.8, 4) is 0 Å². The maximum absolute atomic E-state index is 11.9. The van der Waals surface area contributed by atoms with Crippen molar-refractivity contribution in [1.29, 1.82) is 0 Å². The standard InChI is InChI=1S/C14H20N4O2/c1-18(2)14(19)10-7-8(3-5-16-10)17-12-11(15)9-4-6-20-13(9)12/h3,5,7,9,11-13H,4,6,15H2,1-2H3,(H,16,17). The monoisotopic (exact) mass is 276 g/mol. The lowest BCUT2D eigenvalue weighted by Crippen LogP contribution is -2.65. The molecule has 6 nitrogen and oxygen atoms in total. The lowest BCUT2D eigenvalue weighted by molar-refractivity contribution is 0.00537. The van der Waals surface area contributed by atoms with Gasteiger partial charge in [-0.1, -0.05) is 0 Å². The Labute approximate surface area is 118 Å². The van der Waals surface area contributed by atoms with E-state index in [4.69, 9.17) is 10.5 Å². The van der Waals surface area contributed by atoms with Gasteiger partial charge in [0.05, 0.1) is 12.1 Å². The van der Waals surface area contributed by atoms with Crippen LogP contribution in [0.2, 0.25) is 0 Å². The third kappa shape index (κ3) is 2.14. The maximum Gasteiger partial charge on any atom is 0.272 e.